The molecule has 1 aromatic rings. The summed E-state index contributed by atoms with van der Waals surface area (Å²) in [5, 5.41) is 27.7. The first-order valence-electron chi connectivity index (χ1n) is 5.42. The number of methoxy groups -OCH3 is 1. The Bertz CT molecular complexity index is 372. The van der Waals surface area contributed by atoms with Crippen LogP contribution in [0.1, 0.15) is 13.3 Å². The molecule has 1 aliphatic rings. The lowest BCUT2D eigenvalue weighted by Gasteiger charge is -2.48. The minimum Gasteiger partial charge on any atom is -0.393 e. The van der Waals surface area contributed by atoms with E-state index in [9.17, 15) is 10.2 Å². The van der Waals surface area contributed by atoms with Crippen molar-refractivity contribution < 1.29 is 19.7 Å². The first kappa shape index (κ1) is 12.4. The van der Waals surface area contributed by atoms with Gasteiger partial charge in [0.1, 0.15) is 5.60 Å². The number of ether oxygens (including phenoxy) is 2. The number of aromatic nitrogens is 3. The fourth-order valence-corrected chi connectivity index (χ4v) is 2.05. The van der Waals surface area contributed by atoms with Crippen LogP contribution in [-0.4, -0.2) is 57.2 Å². The monoisotopic (exact) mass is 243 g/mol. The molecule has 0 aliphatic carbocycles. The number of aliphatic hydroxyl groups is 2. The van der Waals surface area contributed by atoms with Crippen molar-refractivity contribution >= 4 is 0 Å². The number of hydrogen-bond donors (Lipinski definition) is 2. The highest BCUT2D eigenvalue weighted by molar-refractivity contribution is 4.99. The van der Waals surface area contributed by atoms with Crippen LogP contribution in [0.2, 0.25) is 0 Å². The van der Waals surface area contributed by atoms with E-state index in [2.05, 4.69) is 10.3 Å². The van der Waals surface area contributed by atoms with Gasteiger partial charge in [-0.15, -0.1) is 5.10 Å². The molecule has 3 atom stereocenters. The first-order chi connectivity index (χ1) is 8.05. The molecule has 0 aromatic carbocycles. The predicted octanol–water partition coefficient (Wildman–Crippen LogP) is -0.891. The van der Waals surface area contributed by atoms with Crippen molar-refractivity contribution in [2.45, 2.75) is 30.8 Å². The number of aliphatic hydroxyl groups excluding tert-OH is 1. The van der Waals surface area contributed by atoms with Crippen LogP contribution >= 0.6 is 0 Å². The fraction of sp³-hybridized carbons (Fsp3) is 0.800. The Morgan fingerprint density at radius 1 is 1.65 bits per heavy atom. The smallest absolute Gasteiger partial charge is 0.193 e. The molecule has 0 saturated carbocycles. The van der Waals surface area contributed by atoms with E-state index in [1.807, 2.05) is 0 Å². The second-order valence-corrected chi connectivity index (χ2v) is 4.43. The molecule has 7 nitrogen and oxygen atoms in total. The summed E-state index contributed by atoms with van der Waals surface area (Å²) in [6.07, 6.45) is 3.04. The van der Waals surface area contributed by atoms with Crippen LogP contribution in [0.3, 0.4) is 0 Å². The molecular formula is C10H17N3O4. The molecule has 2 N–H and O–H groups in total. The highest BCUT2D eigenvalue weighted by atomic mass is 16.6. The van der Waals surface area contributed by atoms with Crippen molar-refractivity contribution in [3.8, 4) is 0 Å². The normalized spacial score (nSPS) is 38.2. The zero-order valence-electron chi connectivity index (χ0n) is 9.91. The number of nitrogens with zero attached hydrogens (tertiary/aromatic N) is 3. The van der Waals surface area contributed by atoms with Gasteiger partial charge in [0.25, 0.3) is 0 Å². The van der Waals surface area contributed by atoms with Crippen LogP contribution in [0, 0.1) is 0 Å². The fourth-order valence-electron chi connectivity index (χ4n) is 2.05. The maximum Gasteiger partial charge on any atom is 0.193 e. The summed E-state index contributed by atoms with van der Waals surface area (Å²) < 4.78 is 12.0. The van der Waals surface area contributed by atoms with Gasteiger partial charge >= 0.3 is 0 Å². The highest BCUT2D eigenvalue weighted by Gasteiger charge is 2.54. The summed E-state index contributed by atoms with van der Waals surface area (Å²) >= 11 is 0. The lowest BCUT2D eigenvalue weighted by Crippen LogP contribution is -2.63. The Morgan fingerprint density at radius 3 is 2.94 bits per heavy atom. The van der Waals surface area contributed by atoms with Crippen LogP contribution in [0.4, 0.5) is 0 Å². The number of hydrogen-bond acceptors (Lipinski definition) is 6. The topological polar surface area (TPSA) is 89.6 Å². The third-order valence-corrected chi connectivity index (χ3v) is 3.38. The Labute approximate surface area is 99.0 Å². The van der Waals surface area contributed by atoms with Gasteiger partial charge in [-0.2, -0.15) is 0 Å². The lowest BCUT2D eigenvalue weighted by molar-refractivity contribution is -0.290. The third kappa shape index (κ3) is 1.85. The Morgan fingerprint density at radius 2 is 2.41 bits per heavy atom. The van der Waals surface area contributed by atoms with Crippen molar-refractivity contribution in [3.63, 3.8) is 0 Å². The van der Waals surface area contributed by atoms with Gasteiger partial charge in [0.2, 0.25) is 0 Å². The quantitative estimate of drug-likeness (QED) is 0.716. The molecule has 1 fully saturated rings. The van der Waals surface area contributed by atoms with E-state index in [-0.39, 0.29) is 19.1 Å². The molecule has 0 radical (unpaired) electrons. The summed E-state index contributed by atoms with van der Waals surface area (Å²) in [6.45, 7) is 1.64. The van der Waals surface area contributed by atoms with Gasteiger partial charge in [-0.1, -0.05) is 5.21 Å². The van der Waals surface area contributed by atoms with Crippen LogP contribution in [0.5, 0.6) is 0 Å². The van der Waals surface area contributed by atoms with Gasteiger partial charge < -0.3 is 19.7 Å². The van der Waals surface area contributed by atoms with Gasteiger partial charge in [0.15, 0.2) is 5.72 Å². The standard InChI is InChI=1S/C10H17N3O4/c1-9(7-14)10(15,13-4-3-11-12-13)5-8(16-2)6-17-9/h3-4,8,14-15H,5-7H2,1-2H3. The molecule has 3 unspecified atom stereocenters. The maximum atomic E-state index is 10.7. The molecular weight excluding hydrogens is 226 g/mol. The lowest BCUT2D eigenvalue weighted by atomic mass is 9.85. The Hall–Kier alpha value is -1.02. The summed E-state index contributed by atoms with van der Waals surface area (Å²) in [6, 6.07) is 0. The van der Waals surface area contributed by atoms with Gasteiger partial charge in [-0.05, 0) is 6.92 Å². The molecule has 7 heteroatoms. The molecule has 1 aliphatic heterocycles. The average Bonchev–Trinajstić information content (AvgIpc) is 2.87. The van der Waals surface area contributed by atoms with E-state index in [1.54, 1.807) is 14.0 Å². The maximum absolute atomic E-state index is 10.7. The van der Waals surface area contributed by atoms with Gasteiger partial charge in [0.05, 0.1) is 25.5 Å². The summed E-state index contributed by atoms with van der Waals surface area (Å²) in [5.41, 5.74) is -2.60. The molecule has 1 aromatic heterocycles. The van der Waals surface area contributed by atoms with E-state index in [0.717, 1.165) is 0 Å². The SMILES string of the molecule is COC1COC(C)(CO)C(O)(n2ccnn2)C1. The Balaban J connectivity index is 2.37. The molecule has 96 valence electrons. The van der Waals surface area contributed by atoms with Crippen molar-refractivity contribution in [2.75, 3.05) is 20.3 Å². The van der Waals surface area contributed by atoms with Crippen molar-refractivity contribution in [2.24, 2.45) is 0 Å². The van der Waals surface area contributed by atoms with E-state index in [4.69, 9.17) is 9.47 Å². The van der Waals surface area contributed by atoms with Crippen molar-refractivity contribution in [1.29, 1.82) is 0 Å². The largest absolute Gasteiger partial charge is 0.393 e. The van der Waals surface area contributed by atoms with Gasteiger partial charge in [-0.3, -0.25) is 0 Å². The zero-order valence-corrected chi connectivity index (χ0v) is 9.91. The molecule has 2 rings (SSSR count). The minimum absolute atomic E-state index is 0.246. The number of rotatable bonds is 3. The van der Waals surface area contributed by atoms with E-state index >= 15 is 0 Å². The van der Waals surface area contributed by atoms with Crippen LogP contribution in [0.25, 0.3) is 0 Å². The van der Waals surface area contributed by atoms with Gasteiger partial charge in [-0.25, -0.2) is 4.68 Å². The highest BCUT2D eigenvalue weighted by Crippen LogP contribution is 2.38. The average molecular weight is 243 g/mol. The summed E-state index contributed by atoms with van der Waals surface area (Å²) in [5.74, 6) is 0. The summed E-state index contributed by atoms with van der Waals surface area (Å²) in [4.78, 5) is 0. The van der Waals surface area contributed by atoms with Crippen LogP contribution < -0.4 is 0 Å². The van der Waals surface area contributed by atoms with E-state index < -0.39 is 11.3 Å². The molecule has 0 bridgehead atoms. The second kappa shape index (κ2) is 4.34. The molecule has 17 heavy (non-hydrogen) atoms. The molecule has 2 heterocycles. The van der Waals surface area contributed by atoms with E-state index in [1.165, 1.54) is 17.1 Å². The van der Waals surface area contributed by atoms with Crippen LogP contribution in [0.15, 0.2) is 12.4 Å². The Kier molecular flexibility index (Phi) is 3.17. The molecule has 1 saturated heterocycles. The third-order valence-electron chi connectivity index (χ3n) is 3.38. The van der Waals surface area contributed by atoms with Crippen LogP contribution in [-0.2, 0) is 15.2 Å². The summed E-state index contributed by atoms with van der Waals surface area (Å²) in [7, 11) is 1.55. The predicted molar refractivity (Wildman–Crippen MR) is 57.1 cm³/mol. The second-order valence-electron chi connectivity index (χ2n) is 4.43. The minimum atomic E-state index is -1.48. The van der Waals surface area contributed by atoms with Crippen molar-refractivity contribution in [3.05, 3.63) is 12.4 Å². The first-order valence-corrected chi connectivity index (χ1v) is 5.42. The van der Waals surface area contributed by atoms with E-state index in [0.29, 0.717) is 6.61 Å². The molecule has 0 amide bonds. The zero-order chi connectivity index (χ0) is 12.5. The van der Waals surface area contributed by atoms with Crippen molar-refractivity contribution in [1.82, 2.24) is 15.0 Å². The van der Waals surface area contributed by atoms with Gasteiger partial charge in [0, 0.05) is 19.7 Å². The molecule has 0 spiro atoms.